The number of nitrogens with one attached hydrogen (secondary N) is 1. The van der Waals surface area contributed by atoms with Gasteiger partial charge in [0.25, 0.3) is 0 Å². The molecule has 1 atom stereocenters. The van der Waals surface area contributed by atoms with Crippen LogP contribution in [0.3, 0.4) is 0 Å². The fraction of sp³-hybridized carbons (Fsp3) is 0.667. The largest absolute Gasteiger partial charge is 0.343 e. The topological polar surface area (TPSA) is 106 Å². The van der Waals surface area contributed by atoms with E-state index in [0.29, 0.717) is 18.8 Å². The van der Waals surface area contributed by atoms with Crippen molar-refractivity contribution in [3.05, 3.63) is 11.9 Å². The van der Waals surface area contributed by atoms with Crippen molar-refractivity contribution in [2.75, 3.05) is 13.1 Å². The lowest BCUT2D eigenvalue weighted by atomic mass is 10.2. The third kappa shape index (κ3) is 4.30. The van der Waals surface area contributed by atoms with Crippen molar-refractivity contribution in [2.24, 2.45) is 5.73 Å². The molecule has 0 spiro atoms. The summed E-state index contributed by atoms with van der Waals surface area (Å²) in [5.41, 5.74) is 6.03. The van der Waals surface area contributed by atoms with Crippen LogP contribution in [0.1, 0.15) is 26.5 Å². The van der Waals surface area contributed by atoms with Gasteiger partial charge in [-0.2, -0.15) is 0 Å². The third-order valence-corrected chi connectivity index (χ3v) is 2.92. The summed E-state index contributed by atoms with van der Waals surface area (Å²) in [6.45, 7) is 7.02. The lowest BCUT2D eigenvalue weighted by Crippen LogP contribution is -2.47. The first-order chi connectivity index (χ1) is 9.51. The molecule has 0 aliphatic rings. The molecule has 3 N–H and O–H groups in total. The lowest BCUT2D eigenvalue weighted by molar-refractivity contribution is -0.135. The third-order valence-electron chi connectivity index (χ3n) is 2.92. The maximum atomic E-state index is 12.0. The summed E-state index contributed by atoms with van der Waals surface area (Å²) in [5.74, 6) is -0.379. The average Bonchev–Trinajstić information content (AvgIpc) is 2.87. The van der Waals surface area contributed by atoms with Crippen LogP contribution < -0.4 is 11.1 Å². The summed E-state index contributed by atoms with van der Waals surface area (Å²) >= 11 is 0. The van der Waals surface area contributed by atoms with Gasteiger partial charge in [-0.25, -0.2) is 4.68 Å². The van der Waals surface area contributed by atoms with Gasteiger partial charge in [-0.3, -0.25) is 9.59 Å². The standard InChI is InChI=1S/C12H22N6O2/c1-4-17(5-2)12(20)9(3)14-11(19)8-18-7-10(6-13)15-16-18/h7,9H,4-6,8,13H2,1-3H3,(H,14,19). The maximum absolute atomic E-state index is 12.0. The van der Waals surface area contributed by atoms with Gasteiger partial charge in [-0.1, -0.05) is 5.21 Å². The van der Waals surface area contributed by atoms with E-state index in [9.17, 15) is 9.59 Å². The van der Waals surface area contributed by atoms with Gasteiger partial charge in [0, 0.05) is 19.6 Å². The summed E-state index contributed by atoms with van der Waals surface area (Å²) < 4.78 is 1.39. The van der Waals surface area contributed by atoms with E-state index in [4.69, 9.17) is 5.73 Å². The van der Waals surface area contributed by atoms with Crippen LogP contribution in [0.2, 0.25) is 0 Å². The molecule has 20 heavy (non-hydrogen) atoms. The molecule has 8 nitrogen and oxygen atoms in total. The Hall–Kier alpha value is -1.96. The van der Waals surface area contributed by atoms with E-state index in [1.54, 1.807) is 18.0 Å². The zero-order chi connectivity index (χ0) is 15.1. The first kappa shape index (κ1) is 16.1. The van der Waals surface area contributed by atoms with E-state index in [-0.39, 0.29) is 24.9 Å². The van der Waals surface area contributed by atoms with E-state index >= 15 is 0 Å². The van der Waals surface area contributed by atoms with Gasteiger partial charge in [-0.05, 0) is 20.8 Å². The summed E-state index contributed by atoms with van der Waals surface area (Å²) in [6, 6.07) is -0.556. The van der Waals surface area contributed by atoms with Crippen molar-refractivity contribution < 1.29 is 9.59 Å². The number of hydrogen-bond acceptors (Lipinski definition) is 5. The van der Waals surface area contributed by atoms with Crippen LogP contribution in [0.4, 0.5) is 0 Å². The molecule has 0 aliphatic heterocycles. The summed E-state index contributed by atoms with van der Waals surface area (Å²) in [7, 11) is 0. The molecule has 1 aromatic rings. The number of nitrogens with zero attached hydrogens (tertiary/aromatic N) is 4. The summed E-state index contributed by atoms with van der Waals surface area (Å²) in [5, 5.41) is 10.2. The second-order valence-electron chi connectivity index (χ2n) is 4.41. The highest BCUT2D eigenvalue weighted by atomic mass is 16.2. The minimum absolute atomic E-state index is 0.0167. The number of aromatic nitrogens is 3. The van der Waals surface area contributed by atoms with Crippen molar-refractivity contribution in [2.45, 2.75) is 39.9 Å². The van der Waals surface area contributed by atoms with Gasteiger partial charge in [0.1, 0.15) is 12.6 Å². The highest BCUT2D eigenvalue weighted by Crippen LogP contribution is 1.96. The number of rotatable bonds is 7. The van der Waals surface area contributed by atoms with Crippen molar-refractivity contribution in [3.8, 4) is 0 Å². The predicted octanol–water partition coefficient (Wildman–Crippen LogP) is -0.890. The van der Waals surface area contributed by atoms with Gasteiger partial charge >= 0.3 is 0 Å². The molecule has 1 unspecified atom stereocenters. The van der Waals surface area contributed by atoms with E-state index in [1.165, 1.54) is 4.68 Å². The normalized spacial score (nSPS) is 12.0. The van der Waals surface area contributed by atoms with Crippen molar-refractivity contribution in [3.63, 3.8) is 0 Å². The van der Waals surface area contributed by atoms with Crippen molar-refractivity contribution >= 4 is 11.8 Å². The number of hydrogen-bond donors (Lipinski definition) is 2. The van der Waals surface area contributed by atoms with Gasteiger partial charge < -0.3 is 16.0 Å². The highest BCUT2D eigenvalue weighted by molar-refractivity contribution is 5.87. The first-order valence-electron chi connectivity index (χ1n) is 6.69. The maximum Gasteiger partial charge on any atom is 0.244 e. The van der Waals surface area contributed by atoms with Gasteiger partial charge in [0.2, 0.25) is 11.8 Å². The number of carbonyl (C=O) groups excluding carboxylic acids is 2. The fourth-order valence-electron chi connectivity index (χ4n) is 1.81. The van der Waals surface area contributed by atoms with Gasteiger partial charge in [0.15, 0.2) is 0 Å². The Morgan fingerprint density at radius 2 is 2.10 bits per heavy atom. The molecule has 0 radical (unpaired) electrons. The molecule has 0 aromatic carbocycles. The van der Waals surface area contributed by atoms with Crippen LogP contribution in [-0.2, 0) is 22.7 Å². The Labute approximate surface area is 118 Å². The van der Waals surface area contributed by atoms with Crippen molar-refractivity contribution in [1.29, 1.82) is 0 Å². The fourth-order valence-corrected chi connectivity index (χ4v) is 1.81. The van der Waals surface area contributed by atoms with Crippen LogP contribution in [0.15, 0.2) is 6.20 Å². The van der Waals surface area contributed by atoms with Crippen LogP contribution >= 0.6 is 0 Å². The number of carbonyl (C=O) groups is 2. The zero-order valence-corrected chi connectivity index (χ0v) is 12.2. The van der Waals surface area contributed by atoms with Gasteiger partial charge in [0.05, 0.1) is 11.9 Å². The lowest BCUT2D eigenvalue weighted by Gasteiger charge is -2.23. The molecule has 0 bridgehead atoms. The number of amides is 2. The molecule has 1 aromatic heterocycles. The average molecular weight is 282 g/mol. The zero-order valence-electron chi connectivity index (χ0n) is 12.2. The predicted molar refractivity (Wildman–Crippen MR) is 73.4 cm³/mol. The molecule has 0 saturated heterocycles. The molecule has 0 fully saturated rings. The Balaban J connectivity index is 2.51. The molecule has 8 heteroatoms. The quantitative estimate of drug-likeness (QED) is 0.675. The van der Waals surface area contributed by atoms with Crippen LogP contribution in [-0.4, -0.2) is 50.8 Å². The van der Waals surface area contributed by atoms with Crippen molar-refractivity contribution in [1.82, 2.24) is 25.2 Å². The molecule has 2 amide bonds. The molecule has 0 aliphatic carbocycles. The monoisotopic (exact) mass is 282 g/mol. The molecular weight excluding hydrogens is 260 g/mol. The van der Waals surface area contributed by atoms with E-state index in [0.717, 1.165) is 0 Å². The number of likely N-dealkylation sites (N-methyl/N-ethyl adjacent to an activating group) is 1. The Kier molecular flexibility index (Phi) is 6.10. The minimum atomic E-state index is -0.556. The number of nitrogens with two attached hydrogens (primary N) is 1. The van der Waals surface area contributed by atoms with E-state index in [1.807, 2.05) is 13.8 Å². The summed E-state index contributed by atoms with van der Waals surface area (Å²) in [4.78, 5) is 25.5. The smallest absolute Gasteiger partial charge is 0.244 e. The second-order valence-corrected chi connectivity index (χ2v) is 4.41. The van der Waals surface area contributed by atoms with Gasteiger partial charge in [-0.15, -0.1) is 5.10 Å². The van der Waals surface area contributed by atoms with E-state index < -0.39 is 6.04 Å². The minimum Gasteiger partial charge on any atom is -0.343 e. The van der Waals surface area contributed by atoms with E-state index in [2.05, 4.69) is 15.6 Å². The second kappa shape index (κ2) is 7.59. The molecule has 112 valence electrons. The SMILES string of the molecule is CCN(CC)C(=O)C(C)NC(=O)Cn1cc(CN)nn1. The molecule has 1 rings (SSSR count). The molecular formula is C12H22N6O2. The Morgan fingerprint density at radius 3 is 2.60 bits per heavy atom. The Bertz CT molecular complexity index is 455. The van der Waals surface area contributed by atoms with Crippen LogP contribution in [0.25, 0.3) is 0 Å². The first-order valence-corrected chi connectivity index (χ1v) is 6.69. The Morgan fingerprint density at radius 1 is 1.45 bits per heavy atom. The summed E-state index contributed by atoms with van der Waals surface area (Å²) in [6.07, 6.45) is 1.61. The molecule has 0 saturated carbocycles. The van der Waals surface area contributed by atoms with Crippen LogP contribution in [0.5, 0.6) is 0 Å². The highest BCUT2D eigenvalue weighted by Gasteiger charge is 2.20. The van der Waals surface area contributed by atoms with Crippen LogP contribution in [0, 0.1) is 0 Å². The molecule has 1 heterocycles.